The maximum Gasteiger partial charge on any atom is 0.243 e. The first-order chi connectivity index (χ1) is 9.13. The summed E-state index contributed by atoms with van der Waals surface area (Å²) in [5.41, 5.74) is -0.0636. The molecule has 1 aliphatic heterocycles. The summed E-state index contributed by atoms with van der Waals surface area (Å²) in [4.78, 5) is 3.73. The van der Waals surface area contributed by atoms with Crippen LogP contribution < -0.4 is 4.72 Å². The number of rotatable bonds is 4. The molecule has 1 atom stereocenters. The van der Waals surface area contributed by atoms with Crippen LogP contribution in [0.15, 0.2) is 23.2 Å². The van der Waals surface area contributed by atoms with Gasteiger partial charge in [0.2, 0.25) is 10.0 Å². The van der Waals surface area contributed by atoms with E-state index >= 15 is 0 Å². The van der Waals surface area contributed by atoms with Crippen LogP contribution in [-0.4, -0.2) is 30.9 Å². The molecule has 1 unspecified atom stereocenters. The number of hydrogen-bond donors (Lipinski definition) is 1. The van der Waals surface area contributed by atoms with Gasteiger partial charge in [0.15, 0.2) is 5.69 Å². The molecule has 0 aliphatic carbocycles. The SMILES string of the molecule is N#Cc1ncccc1S(=O)(=O)NCC1CCCCS1. The van der Waals surface area contributed by atoms with Gasteiger partial charge in [0, 0.05) is 18.0 Å². The second-order valence-electron chi connectivity index (χ2n) is 4.30. The molecule has 0 saturated carbocycles. The van der Waals surface area contributed by atoms with E-state index in [9.17, 15) is 8.42 Å². The predicted octanol–water partition coefficient (Wildman–Crippen LogP) is 1.52. The maximum atomic E-state index is 12.1. The summed E-state index contributed by atoms with van der Waals surface area (Å²) in [7, 11) is -3.65. The van der Waals surface area contributed by atoms with Gasteiger partial charge in [-0.1, -0.05) is 6.42 Å². The summed E-state index contributed by atoms with van der Waals surface area (Å²) in [6.45, 7) is 0.409. The zero-order chi connectivity index (χ0) is 13.7. The van der Waals surface area contributed by atoms with E-state index in [1.807, 2.05) is 0 Å². The molecule has 7 heteroatoms. The summed E-state index contributed by atoms with van der Waals surface area (Å²) in [6.07, 6.45) is 4.80. The standard InChI is InChI=1S/C12H15N3O2S2/c13-8-11-12(5-3-6-14-11)19(16,17)15-9-10-4-1-2-7-18-10/h3,5-6,10,15H,1-2,4,7,9H2. The second kappa shape index (κ2) is 6.37. The average molecular weight is 297 g/mol. The molecule has 1 fully saturated rings. The van der Waals surface area contributed by atoms with E-state index in [0.717, 1.165) is 18.6 Å². The minimum Gasteiger partial charge on any atom is -0.244 e. The normalized spacial score (nSPS) is 19.8. The Morgan fingerprint density at radius 3 is 3.05 bits per heavy atom. The number of hydrogen-bond acceptors (Lipinski definition) is 5. The Balaban J connectivity index is 2.07. The van der Waals surface area contributed by atoms with Crippen molar-refractivity contribution < 1.29 is 8.42 Å². The second-order valence-corrected chi connectivity index (χ2v) is 7.45. The van der Waals surface area contributed by atoms with E-state index in [1.54, 1.807) is 17.8 Å². The van der Waals surface area contributed by atoms with Crippen LogP contribution in [0.3, 0.4) is 0 Å². The van der Waals surface area contributed by atoms with Crippen LogP contribution in [0.4, 0.5) is 0 Å². The predicted molar refractivity (Wildman–Crippen MR) is 74.2 cm³/mol. The highest BCUT2D eigenvalue weighted by atomic mass is 32.2. The van der Waals surface area contributed by atoms with Crippen molar-refractivity contribution in [2.75, 3.05) is 12.3 Å². The van der Waals surface area contributed by atoms with Gasteiger partial charge in [0.05, 0.1) is 0 Å². The maximum absolute atomic E-state index is 12.1. The molecule has 1 saturated heterocycles. The van der Waals surface area contributed by atoms with Gasteiger partial charge in [-0.25, -0.2) is 18.1 Å². The Morgan fingerprint density at radius 2 is 2.37 bits per heavy atom. The third-order valence-electron chi connectivity index (χ3n) is 2.94. The lowest BCUT2D eigenvalue weighted by atomic mass is 10.2. The molecule has 0 aromatic carbocycles. The first-order valence-electron chi connectivity index (χ1n) is 6.10. The monoisotopic (exact) mass is 297 g/mol. The number of aromatic nitrogens is 1. The minimum atomic E-state index is -3.65. The van der Waals surface area contributed by atoms with Crippen molar-refractivity contribution in [2.45, 2.75) is 29.4 Å². The van der Waals surface area contributed by atoms with Gasteiger partial charge in [-0.05, 0) is 30.7 Å². The summed E-state index contributed by atoms with van der Waals surface area (Å²) in [5.74, 6) is 1.09. The van der Waals surface area contributed by atoms with Crippen molar-refractivity contribution in [1.82, 2.24) is 9.71 Å². The van der Waals surface area contributed by atoms with Crippen molar-refractivity contribution in [2.24, 2.45) is 0 Å². The molecule has 1 aliphatic rings. The fourth-order valence-corrected chi connectivity index (χ4v) is 4.47. The van der Waals surface area contributed by atoms with Crippen LogP contribution in [0.2, 0.25) is 0 Å². The highest BCUT2D eigenvalue weighted by Gasteiger charge is 2.21. The molecule has 0 amide bonds. The smallest absolute Gasteiger partial charge is 0.243 e. The summed E-state index contributed by atoms with van der Waals surface area (Å²) < 4.78 is 26.9. The highest BCUT2D eigenvalue weighted by molar-refractivity contribution is 8.00. The number of thioether (sulfide) groups is 1. The Labute approximate surface area is 117 Å². The molecule has 102 valence electrons. The van der Waals surface area contributed by atoms with E-state index in [4.69, 9.17) is 5.26 Å². The van der Waals surface area contributed by atoms with Gasteiger partial charge in [0.1, 0.15) is 11.0 Å². The van der Waals surface area contributed by atoms with Crippen LogP contribution in [0, 0.1) is 11.3 Å². The van der Waals surface area contributed by atoms with Crippen molar-refractivity contribution in [3.8, 4) is 6.07 Å². The van der Waals surface area contributed by atoms with Crippen LogP contribution >= 0.6 is 11.8 Å². The van der Waals surface area contributed by atoms with Crippen LogP contribution in [-0.2, 0) is 10.0 Å². The van der Waals surface area contributed by atoms with Crippen LogP contribution in [0.1, 0.15) is 25.0 Å². The molecule has 1 N–H and O–H groups in total. The average Bonchev–Trinajstić information content (AvgIpc) is 2.46. The van der Waals surface area contributed by atoms with Crippen molar-refractivity contribution in [1.29, 1.82) is 5.26 Å². The molecule has 19 heavy (non-hydrogen) atoms. The molecule has 0 radical (unpaired) electrons. The van der Waals surface area contributed by atoms with Gasteiger partial charge < -0.3 is 0 Å². The van der Waals surface area contributed by atoms with Crippen molar-refractivity contribution >= 4 is 21.8 Å². The Hall–Kier alpha value is -1.10. The van der Waals surface area contributed by atoms with E-state index in [-0.39, 0.29) is 10.6 Å². The topological polar surface area (TPSA) is 82.8 Å². The van der Waals surface area contributed by atoms with Gasteiger partial charge >= 0.3 is 0 Å². The van der Waals surface area contributed by atoms with Gasteiger partial charge in [-0.2, -0.15) is 17.0 Å². The zero-order valence-electron chi connectivity index (χ0n) is 10.4. The lowest BCUT2D eigenvalue weighted by Crippen LogP contribution is -2.32. The molecular formula is C12H15N3O2S2. The third-order valence-corrected chi connectivity index (χ3v) is 5.79. The highest BCUT2D eigenvalue weighted by Crippen LogP contribution is 2.24. The zero-order valence-corrected chi connectivity index (χ0v) is 12.0. The number of pyridine rings is 1. The fraction of sp³-hybridized carbons (Fsp3) is 0.500. The molecule has 2 rings (SSSR count). The van der Waals surface area contributed by atoms with Crippen LogP contribution in [0.5, 0.6) is 0 Å². The number of nitrogens with zero attached hydrogens (tertiary/aromatic N) is 2. The summed E-state index contributed by atoms with van der Waals surface area (Å²) >= 11 is 1.80. The quantitative estimate of drug-likeness (QED) is 0.911. The van der Waals surface area contributed by atoms with E-state index in [1.165, 1.54) is 24.8 Å². The molecule has 1 aromatic heterocycles. The number of sulfonamides is 1. The summed E-state index contributed by atoms with van der Waals surface area (Å²) in [6, 6.07) is 4.73. The van der Waals surface area contributed by atoms with Crippen molar-refractivity contribution in [3.63, 3.8) is 0 Å². The van der Waals surface area contributed by atoms with E-state index in [0.29, 0.717) is 11.8 Å². The Bertz CT molecular complexity index is 575. The number of nitriles is 1. The Kier molecular flexibility index (Phi) is 4.80. The minimum absolute atomic E-state index is 0.0432. The first-order valence-corrected chi connectivity index (χ1v) is 8.63. The van der Waals surface area contributed by atoms with Crippen LogP contribution in [0.25, 0.3) is 0 Å². The number of nitrogens with one attached hydrogen (secondary N) is 1. The fourth-order valence-electron chi connectivity index (χ4n) is 1.94. The molecule has 0 bridgehead atoms. The molecule has 0 spiro atoms. The Morgan fingerprint density at radius 1 is 1.53 bits per heavy atom. The van der Waals surface area contributed by atoms with E-state index < -0.39 is 10.0 Å². The largest absolute Gasteiger partial charge is 0.244 e. The lowest BCUT2D eigenvalue weighted by molar-refractivity contribution is 0.573. The lowest BCUT2D eigenvalue weighted by Gasteiger charge is -2.21. The van der Waals surface area contributed by atoms with E-state index in [2.05, 4.69) is 9.71 Å². The molecule has 2 heterocycles. The van der Waals surface area contributed by atoms with Gasteiger partial charge in [-0.3, -0.25) is 0 Å². The van der Waals surface area contributed by atoms with Gasteiger partial charge in [-0.15, -0.1) is 0 Å². The summed E-state index contributed by atoms with van der Waals surface area (Å²) in [5, 5.41) is 9.21. The third kappa shape index (κ3) is 3.69. The molecule has 5 nitrogen and oxygen atoms in total. The van der Waals surface area contributed by atoms with Gasteiger partial charge in [0.25, 0.3) is 0 Å². The first kappa shape index (κ1) is 14.3. The van der Waals surface area contributed by atoms with Crippen molar-refractivity contribution in [3.05, 3.63) is 24.0 Å². The molecule has 1 aromatic rings. The molecular weight excluding hydrogens is 282 g/mol.